The van der Waals surface area contributed by atoms with Crippen molar-refractivity contribution in [2.24, 2.45) is 10.8 Å². The van der Waals surface area contributed by atoms with Crippen molar-refractivity contribution < 1.29 is 18.9 Å². The normalized spacial score (nSPS) is 46.0. The first-order valence-corrected chi connectivity index (χ1v) is 6.89. The molecular formula is C14H24O4. The fourth-order valence-electron chi connectivity index (χ4n) is 3.17. The molecule has 18 heavy (non-hydrogen) atoms. The van der Waals surface area contributed by atoms with Gasteiger partial charge in [0.05, 0.1) is 13.2 Å². The predicted octanol–water partition coefficient (Wildman–Crippen LogP) is 2.32. The lowest BCUT2D eigenvalue weighted by atomic mass is 9.79. The van der Waals surface area contributed by atoms with Gasteiger partial charge in [0.25, 0.3) is 0 Å². The molecule has 3 fully saturated rings. The molecule has 0 aromatic carbocycles. The average molecular weight is 256 g/mol. The van der Waals surface area contributed by atoms with Crippen LogP contribution < -0.4 is 0 Å². The van der Waals surface area contributed by atoms with Crippen molar-refractivity contribution >= 4 is 0 Å². The lowest BCUT2D eigenvalue weighted by Gasteiger charge is -2.50. The van der Waals surface area contributed by atoms with E-state index < -0.39 is 11.6 Å². The Kier molecular flexibility index (Phi) is 2.63. The molecule has 0 unspecified atom stereocenters. The second-order valence-electron chi connectivity index (χ2n) is 7.05. The Morgan fingerprint density at radius 1 is 0.611 bits per heavy atom. The SMILES string of the molecule is CC1(C)CCO[C@]12CO[C@]1(CO2)OCCC1(C)C. The van der Waals surface area contributed by atoms with Crippen LogP contribution in [0.15, 0.2) is 0 Å². The van der Waals surface area contributed by atoms with Gasteiger partial charge in [0.2, 0.25) is 0 Å². The number of hydrogen-bond acceptors (Lipinski definition) is 4. The van der Waals surface area contributed by atoms with Crippen molar-refractivity contribution in [3.8, 4) is 0 Å². The van der Waals surface area contributed by atoms with Gasteiger partial charge in [-0.3, -0.25) is 0 Å². The number of rotatable bonds is 0. The van der Waals surface area contributed by atoms with E-state index in [1.54, 1.807) is 0 Å². The quantitative estimate of drug-likeness (QED) is 0.666. The van der Waals surface area contributed by atoms with Gasteiger partial charge in [-0.15, -0.1) is 0 Å². The smallest absolute Gasteiger partial charge is 0.197 e. The van der Waals surface area contributed by atoms with Gasteiger partial charge in [-0.05, 0) is 12.8 Å². The van der Waals surface area contributed by atoms with Crippen LogP contribution in [0.25, 0.3) is 0 Å². The van der Waals surface area contributed by atoms with E-state index in [0.717, 1.165) is 26.1 Å². The molecule has 2 atom stereocenters. The van der Waals surface area contributed by atoms with Gasteiger partial charge in [-0.25, -0.2) is 0 Å². The molecule has 4 nitrogen and oxygen atoms in total. The molecular weight excluding hydrogens is 232 g/mol. The van der Waals surface area contributed by atoms with E-state index in [0.29, 0.717) is 13.2 Å². The van der Waals surface area contributed by atoms with Gasteiger partial charge in [-0.1, -0.05) is 27.7 Å². The highest BCUT2D eigenvalue weighted by Gasteiger charge is 2.62. The fraction of sp³-hybridized carbons (Fsp3) is 1.00. The maximum atomic E-state index is 6.14. The summed E-state index contributed by atoms with van der Waals surface area (Å²) < 4.78 is 24.0. The third kappa shape index (κ3) is 1.52. The van der Waals surface area contributed by atoms with Crippen LogP contribution in [0.5, 0.6) is 0 Å². The summed E-state index contributed by atoms with van der Waals surface area (Å²) in [5.74, 6) is -1.17. The standard InChI is InChI=1S/C14H24O4/c1-11(2)5-7-15-13(11)9-18-14(10-17-13)12(3,4)6-8-16-14/h5-10H2,1-4H3/t13-,14-/m0/s1. The van der Waals surface area contributed by atoms with Gasteiger partial charge in [-0.2, -0.15) is 0 Å². The Bertz CT molecular complexity index is 306. The highest BCUT2D eigenvalue weighted by molar-refractivity contribution is 5.00. The maximum Gasteiger partial charge on any atom is 0.197 e. The molecule has 0 radical (unpaired) electrons. The minimum absolute atomic E-state index is 0.00262. The van der Waals surface area contributed by atoms with Gasteiger partial charge < -0.3 is 18.9 Å². The summed E-state index contributed by atoms with van der Waals surface area (Å²) in [6.45, 7) is 11.1. The zero-order chi connectivity index (χ0) is 13.1. The van der Waals surface area contributed by atoms with Crippen LogP contribution in [0.4, 0.5) is 0 Å². The summed E-state index contributed by atoms with van der Waals surface area (Å²) in [5.41, 5.74) is -0.00524. The van der Waals surface area contributed by atoms with E-state index in [4.69, 9.17) is 18.9 Å². The molecule has 104 valence electrons. The van der Waals surface area contributed by atoms with Crippen LogP contribution in [0.3, 0.4) is 0 Å². The lowest BCUT2D eigenvalue weighted by molar-refractivity contribution is -0.402. The molecule has 3 heterocycles. The highest BCUT2D eigenvalue weighted by Crippen LogP contribution is 2.52. The molecule has 0 aromatic heterocycles. The van der Waals surface area contributed by atoms with Crippen molar-refractivity contribution in [3.05, 3.63) is 0 Å². The second kappa shape index (κ2) is 3.69. The average Bonchev–Trinajstić information content (AvgIpc) is 2.72. The van der Waals surface area contributed by atoms with E-state index >= 15 is 0 Å². The molecule has 3 aliphatic heterocycles. The van der Waals surface area contributed by atoms with Crippen molar-refractivity contribution in [2.45, 2.75) is 52.1 Å². The Hall–Kier alpha value is -0.160. The molecule has 3 saturated heterocycles. The summed E-state index contributed by atoms with van der Waals surface area (Å²) in [6.07, 6.45) is 2.02. The van der Waals surface area contributed by atoms with Crippen LogP contribution in [0.2, 0.25) is 0 Å². The van der Waals surface area contributed by atoms with E-state index in [2.05, 4.69) is 27.7 Å². The summed E-state index contributed by atoms with van der Waals surface area (Å²) in [5, 5.41) is 0. The van der Waals surface area contributed by atoms with Crippen molar-refractivity contribution in [1.82, 2.24) is 0 Å². The van der Waals surface area contributed by atoms with Gasteiger partial charge in [0, 0.05) is 10.8 Å². The third-order valence-electron chi connectivity index (χ3n) is 5.18. The summed E-state index contributed by atoms with van der Waals surface area (Å²) >= 11 is 0. The summed E-state index contributed by atoms with van der Waals surface area (Å²) in [7, 11) is 0. The molecule has 3 rings (SSSR count). The monoisotopic (exact) mass is 256 g/mol. The molecule has 2 spiro atoms. The van der Waals surface area contributed by atoms with E-state index in [1.165, 1.54) is 0 Å². The van der Waals surface area contributed by atoms with Crippen LogP contribution in [0, 0.1) is 10.8 Å². The zero-order valence-corrected chi connectivity index (χ0v) is 11.9. The number of ether oxygens (including phenoxy) is 4. The van der Waals surface area contributed by atoms with Crippen molar-refractivity contribution in [3.63, 3.8) is 0 Å². The molecule has 0 N–H and O–H groups in total. The third-order valence-corrected chi connectivity index (χ3v) is 5.18. The molecule has 0 bridgehead atoms. The van der Waals surface area contributed by atoms with Crippen LogP contribution in [-0.4, -0.2) is 38.0 Å². The van der Waals surface area contributed by atoms with E-state index in [-0.39, 0.29) is 10.8 Å². The minimum Gasteiger partial charge on any atom is -0.347 e. The number of hydrogen-bond donors (Lipinski definition) is 0. The zero-order valence-electron chi connectivity index (χ0n) is 11.9. The predicted molar refractivity (Wildman–Crippen MR) is 66.1 cm³/mol. The minimum atomic E-state index is -0.583. The Labute approximate surface area is 109 Å². The largest absolute Gasteiger partial charge is 0.347 e. The Morgan fingerprint density at radius 3 is 1.22 bits per heavy atom. The lowest BCUT2D eigenvalue weighted by Crippen LogP contribution is -2.62. The Balaban J connectivity index is 1.79. The second-order valence-corrected chi connectivity index (χ2v) is 7.05. The Morgan fingerprint density at radius 2 is 1.00 bits per heavy atom. The van der Waals surface area contributed by atoms with Crippen LogP contribution >= 0.6 is 0 Å². The van der Waals surface area contributed by atoms with Crippen molar-refractivity contribution in [1.29, 1.82) is 0 Å². The van der Waals surface area contributed by atoms with Crippen LogP contribution in [0.1, 0.15) is 40.5 Å². The molecule has 0 saturated carbocycles. The topological polar surface area (TPSA) is 36.9 Å². The van der Waals surface area contributed by atoms with E-state index in [9.17, 15) is 0 Å². The molecule has 3 aliphatic rings. The first-order chi connectivity index (χ1) is 8.33. The van der Waals surface area contributed by atoms with Gasteiger partial charge in [0.15, 0.2) is 11.6 Å². The maximum absolute atomic E-state index is 6.14. The first-order valence-electron chi connectivity index (χ1n) is 6.89. The summed E-state index contributed by atoms with van der Waals surface area (Å²) in [6, 6.07) is 0. The fourth-order valence-corrected chi connectivity index (χ4v) is 3.17. The van der Waals surface area contributed by atoms with Crippen molar-refractivity contribution in [2.75, 3.05) is 26.4 Å². The highest BCUT2D eigenvalue weighted by atomic mass is 16.8. The molecule has 4 heteroatoms. The summed E-state index contributed by atoms with van der Waals surface area (Å²) in [4.78, 5) is 0. The van der Waals surface area contributed by atoms with E-state index in [1.807, 2.05) is 0 Å². The van der Waals surface area contributed by atoms with Crippen LogP contribution in [-0.2, 0) is 18.9 Å². The first kappa shape index (κ1) is 12.9. The molecule has 0 amide bonds. The van der Waals surface area contributed by atoms with Gasteiger partial charge in [0.1, 0.15) is 13.2 Å². The van der Waals surface area contributed by atoms with Gasteiger partial charge >= 0.3 is 0 Å². The molecule has 0 aromatic rings. The molecule has 0 aliphatic carbocycles.